The third-order valence-electron chi connectivity index (χ3n) is 1.19. The van der Waals surface area contributed by atoms with E-state index < -0.39 is 0 Å². The highest BCUT2D eigenvalue weighted by Crippen LogP contribution is 2.19. The molecule has 3 heteroatoms. The number of alkyl halides is 2. The van der Waals surface area contributed by atoms with Gasteiger partial charge in [-0.2, -0.15) is 0 Å². The van der Waals surface area contributed by atoms with Crippen molar-refractivity contribution in [3.8, 4) is 0 Å². The number of aliphatic hydroxyl groups is 1. The minimum absolute atomic E-state index is 0.262. The van der Waals surface area contributed by atoms with Crippen LogP contribution in [0.2, 0.25) is 0 Å². The van der Waals surface area contributed by atoms with E-state index in [4.69, 9.17) is 5.11 Å². The van der Waals surface area contributed by atoms with Gasteiger partial charge in [-0.1, -0.05) is 38.8 Å². The quantitative estimate of drug-likeness (QED) is 0.769. The summed E-state index contributed by atoms with van der Waals surface area (Å²) in [7, 11) is 0. The van der Waals surface area contributed by atoms with E-state index in [9.17, 15) is 0 Å². The van der Waals surface area contributed by atoms with E-state index in [-0.39, 0.29) is 6.61 Å². The van der Waals surface area contributed by atoms with Gasteiger partial charge in [0.15, 0.2) is 0 Å². The van der Waals surface area contributed by atoms with Crippen LogP contribution < -0.4 is 0 Å². The molecule has 0 saturated heterocycles. The van der Waals surface area contributed by atoms with Gasteiger partial charge in [0.2, 0.25) is 0 Å². The topological polar surface area (TPSA) is 20.2 Å². The van der Waals surface area contributed by atoms with E-state index in [1.165, 1.54) is 0 Å². The van der Waals surface area contributed by atoms with Crippen molar-refractivity contribution < 1.29 is 5.11 Å². The van der Waals surface area contributed by atoms with Crippen LogP contribution in [0.15, 0.2) is 0 Å². The Morgan fingerprint density at radius 1 is 1.33 bits per heavy atom. The molecule has 1 nitrogen and oxygen atoms in total. The molecule has 0 heterocycles. The van der Waals surface area contributed by atoms with Crippen molar-refractivity contribution in [3.63, 3.8) is 0 Å². The average molecular weight is 260 g/mol. The third-order valence-corrected chi connectivity index (χ3v) is 4.28. The Labute approximate surface area is 73.1 Å². The number of rotatable bonds is 4. The maximum atomic E-state index is 8.53. The van der Waals surface area contributed by atoms with E-state index >= 15 is 0 Å². The van der Waals surface area contributed by atoms with Gasteiger partial charge in [-0.25, -0.2) is 0 Å². The molecule has 0 amide bonds. The van der Waals surface area contributed by atoms with E-state index in [1.54, 1.807) is 0 Å². The smallest absolute Gasteiger partial charge is 0.0442 e. The Balaban J connectivity index is 3.32. The van der Waals surface area contributed by atoms with Crippen molar-refractivity contribution in [2.75, 3.05) is 6.61 Å². The molecule has 0 bridgehead atoms. The van der Waals surface area contributed by atoms with Gasteiger partial charge >= 0.3 is 0 Å². The number of hydrogen-bond acceptors (Lipinski definition) is 1. The minimum Gasteiger partial charge on any atom is -0.396 e. The van der Waals surface area contributed by atoms with E-state index in [0.717, 1.165) is 12.8 Å². The van der Waals surface area contributed by atoms with Crippen molar-refractivity contribution >= 4 is 31.9 Å². The molecule has 0 aliphatic heterocycles. The first-order valence-corrected chi connectivity index (χ1v) is 4.94. The zero-order chi connectivity index (χ0) is 7.28. The summed E-state index contributed by atoms with van der Waals surface area (Å²) in [4.78, 5) is 0.900. The summed E-state index contributed by atoms with van der Waals surface area (Å²) >= 11 is 6.94. The summed E-state index contributed by atoms with van der Waals surface area (Å²) in [5.41, 5.74) is 0. The fraction of sp³-hybridized carbons (Fsp3) is 1.00. The fourth-order valence-electron chi connectivity index (χ4n) is 0.560. The van der Waals surface area contributed by atoms with Crippen LogP contribution in [0.5, 0.6) is 0 Å². The van der Waals surface area contributed by atoms with Gasteiger partial charge in [-0.05, 0) is 12.8 Å². The summed E-state index contributed by atoms with van der Waals surface area (Å²) in [6, 6.07) is 0. The molecule has 56 valence electrons. The summed E-state index contributed by atoms with van der Waals surface area (Å²) in [6.07, 6.45) is 1.92. The first kappa shape index (κ1) is 9.92. The van der Waals surface area contributed by atoms with E-state index in [1.807, 2.05) is 0 Å². The van der Waals surface area contributed by atoms with Crippen molar-refractivity contribution in [3.05, 3.63) is 0 Å². The van der Waals surface area contributed by atoms with Crippen molar-refractivity contribution in [1.29, 1.82) is 0 Å². The zero-order valence-corrected chi connectivity index (χ0v) is 8.65. The number of hydrogen-bond donors (Lipinski definition) is 1. The molecule has 0 aliphatic rings. The second kappa shape index (κ2) is 5.69. The minimum atomic E-state index is 0.262. The van der Waals surface area contributed by atoms with Crippen LogP contribution in [0.4, 0.5) is 0 Å². The number of halogens is 2. The maximum absolute atomic E-state index is 8.53. The van der Waals surface area contributed by atoms with Crippen LogP contribution in [-0.4, -0.2) is 21.4 Å². The first-order valence-electron chi connectivity index (χ1n) is 3.11. The molecule has 0 rings (SSSR count). The maximum Gasteiger partial charge on any atom is 0.0442 e. The van der Waals surface area contributed by atoms with Crippen LogP contribution in [0.3, 0.4) is 0 Å². The molecule has 0 aliphatic carbocycles. The molecule has 0 fully saturated rings. The SMILES string of the molecule is CCC(Br)C(Br)CCO. The lowest BCUT2D eigenvalue weighted by Crippen LogP contribution is -2.13. The summed E-state index contributed by atoms with van der Waals surface area (Å²) < 4.78 is 0. The highest BCUT2D eigenvalue weighted by Gasteiger charge is 2.11. The second-order valence-corrected chi connectivity index (χ2v) is 4.30. The monoisotopic (exact) mass is 258 g/mol. The zero-order valence-electron chi connectivity index (χ0n) is 5.48. The van der Waals surface area contributed by atoms with Gasteiger partial charge in [0, 0.05) is 16.3 Å². The molecule has 2 atom stereocenters. The molecule has 0 radical (unpaired) electrons. The lowest BCUT2D eigenvalue weighted by molar-refractivity contribution is 0.287. The fourth-order valence-corrected chi connectivity index (χ4v) is 1.40. The Morgan fingerprint density at radius 3 is 2.22 bits per heavy atom. The largest absolute Gasteiger partial charge is 0.396 e. The molecule has 0 saturated carbocycles. The van der Waals surface area contributed by atoms with Crippen LogP contribution in [-0.2, 0) is 0 Å². The Kier molecular flexibility index (Phi) is 6.27. The normalized spacial score (nSPS) is 17.3. The molecule has 1 N–H and O–H groups in total. The van der Waals surface area contributed by atoms with Gasteiger partial charge < -0.3 is 5.11 Å². The molecule has 0 aromatic carbocycles. The van der Waals surface area contributed by atoms with Gasteiger partial charge in [0.05, 0.1) is 0 Å². The molecule has 0 aromatic heterocycles. The van der Waals surface area contributed by atoms with Crippen LogP contribution in [0.25, 0.3) is 0 Å². The Bertz CT molecular complexity index is 68.1. The lowest BCUT2D eigenvalue weighted by atomic mass is 10.2. The predicted octanol–water partition coefficient (Wildman–Crippen LogP) is 2.31. The second-order valence-electron chi connectivity index (χ2n) is 1.95. The highest BCUT2D eigenvalue weighted by atomic mass is 79.9. The third kappa shape index (κ3) is 4.34. The first-order chi connectivity index (χ1) is 4.22. The molecular weight excluding hydrogens is 248 g/mol. The van der Waals surface area contributed by atoms with Crippen molar-refractivity contribution in [1.82, 2.24) is 0 Å². The van der Waals surface area contributed by atoms with Gasteiger partial charge in [-0.3, -0.25) is 0 Å². The lowest BCUT2D eigenvalue weighted by Gasteiger charge is -2.12. The summed E-state index contributed by atoms with van der Waals surface area (Å²) in [5.74, 6) is 0. The van der Waals surface area contributed by atoms with Gasteiger partial charge in [0.25, 0.3) is 0 Å². The van der Waals surface area contributed by atoms with E-state index in [0.29, 0.717) is 9.65 Å². The Hall–Kier alpha value is 0.920. The van der Waals surface area contributed by atoms with Crippen molar-refractivity contribution in [2.45, 2.75) is 29.4 Å². The van der Waals surface area contributed by atoms with Gasteiger partial charge in [0.1, 0.15) is 0 Å². The molecule has 0 spiro atoms. The molecule has 2 unspecified atom stereocenters. The molecular formula is C6H12Br2O. The standard InChI is InChI=1S/C6H12Br2O/c1-2-5(7)6(8)3-4-9/h5-6,9H,2-4H2,1H3. The number of aliphatic hydroxyl groups excluding tert-OH is 1. The molecule has 9 heavy (non-hydrogen) atoms. The molecule has 0 aromatic rings. The Morgan fingerprint density at radius 2 is 1.89 bits per heavy atom. The van der Waals surface area contributed by atoms with Crippen molar-refractivity contribution in [2.24, 2.45) is 0 Å². The van der Waals surface area contributed by atoms with Crippen LogP contribution in [0.1, 0.15) is 19.8 Å². The van der Waals surface area contributed by atoms with E-state index in [2.05, 4.69) is 38.8 Å². The summed E-state index contributed by atoms with van der Waals surface area (Å²) in [5, 5.41) is 8.53. The predicted molar refractivity (Wildman–Crippen MR) is 47.4 cm³/mol. The van der Waals surface area contributed by atoms with Gasteiger partial charge in [-0.15, -0.1) is 0 Å². The van der Waals surface area contributed by atoms with Crippen LogP contribution >= 0.6 is 31.9 Å². The van der Waals surface area contributed by atoms with Crippen LogP contribution in [0, 0.1) is 0 Å². The summed E-state index contributed by atoms with van der Waals surface area (Å²) in [6.45, 7) is 2.38. The average Bonchev–Trinajstić information content (AvgIpc) is 1.87. The highest BCUT2D eigenvalue weighted by molar-refractivity contribution is 9.12.